The number of carbonyl (C=O) groups is 7. The van der Waals surface area contributed by atoms with Crippen LogP contribution in [-0.4, -0.2) is 101 Å². The zero-order valence-corrected chi connectivity index (χ0v) is 37.1. The van der Waals surface area contributed by atoms with Crippen LogP contribution >= 0.6 is 0 Å². The van der Waals surface area contributed by atoms with Crippen LogP contribution in [0.4, 0.5) is 0 Å². The summed E-state index contributed by atoms with van der Waals surface area (Å²) < 4.78 is 0. The van der Waals surface area contributed by atoms with E-state index >= 15 is 0 Å². The molecular formula is C49H66N8O7. The van der Waals surface area contributed by atoms with Crippen molar-refractivity contribution < 1.29 is 33.6 Å². The van der Waals surface area contributed by atoms with Gasteiger partial charge in [0.2, 0.25) is 41.4 Å². The van der Waals surface area contributed by atoms with Crippen LogP contribution in [0.25, 0.3) is 10.9 Å². The fraction of sp³-hybridized carbons (Fsp3) is 0.571. The van der Waals surface area contributed by atoms with Crippen LogP contribution in [0.2, 0.25) is 0 Å². The first kappa shape index (κ1) is 46.3. The molecule has 0 bridgehead atoms. The van der Waals surface area contributed by atoms with Crippen molar-refractivity contribution in [2.24, 2.45) is 11.8 Å². The van der Waals surface area contributed by atoms with E-state index in [0.29, 0.717) is 25.7 Å². The highest BCUT2D eigenvalue weighted by Gasteiger charge is 2.41. The Morgan fingerprint density at radius 2 is 1.41 bits per heavy atom. The zero-order chi connectivity index (χ0) is 45.0. The molecule has 344 valence electrons. The number of aromatic nitrogens is 1. The standard InChI is InChI=1S/C49H66N8O7/c1-31(58)52-39(27-32-15-5-2-6-16-32)44(59)53-38-23-13-25-50-48(63)43(34-19-9-4-10-20-34)56-46(61)41(29-35-30-51-37-22-12-11-21-36(35)37)54-45(60)40(28-33-17-7-3-8-18-33)55-47(62)42-24-14-26-57(42)49(38)64/h2,5-6,11-12,15-16,21-22,30,33-34,38-43,51H,3-4,7-10,13-14,17-20,23-29H2,1H3,(H,50,63)(H,52,58)(H,53,59)(H,54,60)(H,55,62)(H,56,61)/t38-,39-,40+,41-,42-,43-/m0/s1. The first-order valence-electron chi connectivity index (χ1n) is 23.7. The Bertz CT molecular complexity index is 2110. The minimum atomic E-state index is -1.08. The molecule has 3 heterocycles. The minimum absolute atomic E-state index is 0.123. The Morgan fingerprint density at radius 1 is 0.719 bits per heavy atom. The molecule has 7 amide bonds. The second-order valence-corrected chi connectivity index (χ2v) is 18.4. The number of fused-ring (bicyclic) bond motifs is 2. The van der Waals surface area contributed by atoms with E-state index in [1.54, 1.807) is 0 Å². The Kier molecular flexibility index (Phi) is 16.1. The summed E-state index contributed by atoms with van der Waals surface area (Å²) in [4.78, 5) is 104. The van der Waals surface area contributed by atoms with Crippen LogP contribution in [0.1, 0.15) is 114 Å². The van der Waals surface area contributed by atoms with Crippen molar-refractivity contribution in [1.82, 2.24) is 41.8 Å². The fourth-order valence-corrected chi connectivity index (χ4v) is 10.3. The summed E-state index contributed by atoms with van der Waals surface area (Å²) in [5, 5.41) is 18.7. The lowest BCUT2D eigenvalue weighted by molar-refractivity contribution is -0.143. The highest BCUT2D eigenvalue weighted by atomic mass is 16.2. The van der Waals surface area contributed by atoms with Crippen LogP contribution in [0.15, 0.2) is 60.8 Å². The molecule has 15 nitrogen and oxygen atoms in total. The summed E-state index contributed by atoms with van der Waals surface area (Å²) >= 11 is 0. The van der Waals surface area contributed by atoms with Gasteiger partial charge in [-0.2, -0.15) is 0 Å². The molecule has 1 aromatic heterocycles. The normalized spacial score (nSPS) is 25.5. The van der Waals surface area contributed by atoms with Gasteiger partial charge < -0.3 is 41.8 Å². The van der Waals surface area contributed by atoms with Crippen LogP contribution in [0.3, 0.4) is 0 Å². The van der Waals surface area contributed by atoms with Crippen molar-refractivity contribution in [2.45, 2.75) is 152 Å². The average molecular weight is 879 g/mol. The van der Waals surface area contributed by atoms with Crippen molar-refractivity contribution in [3.8, 4) is 0 Å². The largest absolute Gasteiger partial charge is 0.361 e. The number of amides is 7. The molecule has 4 fully saturated rings. The molecule has 0 spiro atoms. The lowest BCUT2D eigenvalue weighted by atomic mass is 9.83. The second-order valence-electron chi connectivity index (χ2n) is 18.4. The first-order chi connectivity index (χ1) is 31.0. The smallest absolute Gasteiger partial charge is 0.245 e. The summed E-state index contributed by atoms with van der Waals surface area (Å²) in [5.74, 6) is -3.12. The summed E-state index contributed by atoms with van der Waals surface area (Å²) in [6.45, 7) is 1.76. The third-order valence-corrected chi connectivity index (χ3v) is 13.8. The van der Waals surface area contributed by atoms with Crippen LogP contribution in [-0.2, 0) is 46.4 Å². The van der Waals surface area contributed by atoms with Crippen molar-refractivity contribution in [2.75, 3.05) is 13.1 Å². The van der Waals surface area contributed by atoms with E-state index in [0.717, 1.165) is 86.2 Å². The van der Waals surface area contributed by atoms with Crippen molar-refractivity contribution in [3.63, 3.8) is 0 Å². The number of hydrogen-bond donors (Lipinski definition) is 7. The molecule has 3 aromatic rings. The monoisotopic (exact) mass is 879 g/mol. The number of H-pyrrole nitrogens is 1. The average Bonchev–Trinajstić information content (AvgIpc) is 3.97. The first-order valence-corrected chi connectivity index (χ1v) is 23.7. The van der Waals surface area contributed by atoms with Crippen molar-refractivity contribution in [1.29, 1.82) is 0 Å². The number of carbonyl (C=O) groups excluding carboxylic acids is 7. The molecule has 2 saturated carbocycles. The zero-order valence-electron chi connectivity index (χ0n) is 37.1. The van der Waals surface area contributed by atoms with Gasteiger partial charge >= 0.3 is 0 Å². The molecule has 4 aliphatic rings. The van der Waals surface area contributed by atoms with E-state index in [2.05, 4.69) is 36.9 Å². The molecule has 64 heavy (non-hydrogen) atoms. The number of nitrogens with zero attached hydrogens (tertiary/aromatic N) is 1. The Labute approximate surface area is 375 Å². The predicted molar refractivity (Wildman–Crippen MR) is 242 cm³/mol. The molecule has 2 aliphatic carbocycles. The maximum absolute atomic E-state index is 14.7. The van der Waals surface area contributed by atoms with Gasteiger partial charge in [-0.25, -0.2) is 0 Å². The Balaban J connectivity index is 1.19. The molecule has 15 heteroatoms. The van der Waals surface area contributed by atoms with Gasteiger partial charge in [0.05, 0.1) is 0 Å². The van der Waals surface area contributed by atoms with Crippen LogP contribution in [0.5, 0.6) is 0 Å². The van der Waals surface area contributed by atoms with E-state index in [9.17, 15) is 33.6 Å². The Hall–Kier alpha value is -5.73. The third kappa shape index (κ3) is 12.1. The Morgan fingerprint density at radius 3 is 2.16 bits per heavy atom. The predicted octanol–water partition coefficient (Wildman–Crippen LogP) is 3.85. The highest BCUT2D eigenvalue weighted by Crippen LogP contribution is 2.30. The fourth-order valence-electron chi connectivity index (χ4n) is 10.3. The maximum Gasteiger partial charge on any atom is 0.245 e. The summed E-state index contributed by atoms with van der Waals surface area (Å²) in [7, 11) is 0. The number of rotatable bonds is 10. The number of aromatic amines is 1. The molecule has 7 N–H and O–H groups in total. The highest BCUT2D eigenvalue weighted by molar-refractivity contribution is 5.98. The molecule has 0 radical (unpaired) electrons. The topological polar surface area (TPSA) is 211 Å². The molecule has 2 aliphatic heterocycles. The molecule has 2 aromatic carbocycles. The lowest BCUT2D eigenvalue weighted by Gasteiger charge is -2.33. The van der Waals surface area contributed by atoms with Gasteiger partial charge in [-0.05, 0) is 74.0 Å². The summed E-state index contributed by atoms with van der Waals surface area (Å²) in [6, 6.07) is 11.1. The number of hydrogen-bond acceptors (Lipinski definition) is 7. The van der Waals surface area contributed by atoms with Gasteiger partial charge in [-0.3, -0.25) is 33.6 Å². The molecule has 0 unspecified atom stereocenters. The van der Waals surface area contributed by atoms with E-state index in [-0.39, 0.29) is 50.1 Å². The molecule has 6 atom stereocenters. The van der Waals surface area contributed by atoms with Gasteiger partial charge in [0.15, 0.2) is 0 Å². The van der Waals surface area contributed by atoms with Crippen LogP contribution < -0.4 is 31.9 Å². The van der Waals surface area contributed by atoms with E-state index in [1.165, 1.54) is 11.8 Å². The van der Waals surface area contributed by atoms with E-state index in [1.807, 2.05) is 60.8 Å². The van der Waals surface area contributed by atoms with E-state index < -0.39 is 71.7 Å². The maximum atomic E-state index is 14.7. The third-order valence-electron chi connectivity index (χ3n) is 13.8. The number of para-hydroxylation sites is 1. The second kappa shape index (κ2) is 22.3. The van der Waals surface area contributed by atoms with Crippen molar-refractivity contribution >= 4 is 52.3 Å². The molecule has 7 rings (SSSR count). The van der Waals surface area contributed by atoms with E-state index in [4.69, 9.17) is 0 Å². The summed E-state index contributed by atoms with van der Waals surface area (Å²) in [5.41, 5.74) is 2.54. The summed E-state index contributed by atoms with van der Waals surface area (Å²) in [6.07, 6.45) is 13.3. The SMILES string of the molecule is CC(=O)N[C@@H](Cc1ccccc1)C(=O)N[C@H]1CCCNC(=O)[C@H](C2CCCCC2)NC(=O)[C@H](Cc2c[nH]c3ccccc23)NC(=O)[C@@H](CC2CCCCC2)NC(=O)[C@@H]2CCCN2C1=O. The molecule has 2 saturated heterocycles. The van der Waals surface area contributed by atoms with Gasteiger partial charge in [0.1, 0.15) is 36.3 Å². The van der Waals surface area contributed by atoms with Gasteiger partial charge in [0, 0.05) is 50.0 Å². The lowest BCUT2D eigenvalue weighted by Crippen LogP contribution is -2.61. The number of benzene rings is 2. The van der Waals surface area contributed by atoms with Gasteiger partial charge in [0.25, 0.3) is 0 Å². The minimum Gasteiger partial charge on any atom is -0.361 e. The van der Waals surface area contributed by atoms with Crippen LogP contribution in [0, 0.1) is 11.8 Å². The van der Waals surface area contributed by atoms with Gasteiger partial charge in [-0.15, -0.1) is 0 Å². The van der Waals surface area contributed by atoms with Crippen molar-refractivity contribution in [3.05, 3.63) is 71.9 Å². The quantitative estimate of drug-likeness (QED) is 0.160. The number of nitrogens with one attached hydrogen (secondary N) is 7. The van der Waals surface area contributed by atoms with Gasteiger partial charge in [-0.1, -0.05) is 99.9 Å². The molecular weight excluding hydrogens is 813 g/mol.